The van der Waals surface area contributed by atoms with E-state index in [1.54, 1.807) is 30.3 Å². The van der Waals surface area contributed by atoms with Gasteiger partial charge in [0.1, 0.15) is 17.7 Å². The molecule has 6 nitrogen and oxygen atoms in total. The van der Waals surface area contributed by atoms with Gasteiger partial charge in [0.2, 0.25) is 5.91 Å². The number of hydrazone groups is 1. The van der Waals surface area contributed by atoms with Crippen LogP contribution in [0.15, 0.2) is 47.6 Å². The van der Waals surface area contributed by atoms with Gasteiger partial charge in [-0.2, -0.15) is 5.10 Å². The van der Waals surface area contributed by atoms with Crippen LogP contribution in [0.3, 0.4) is 0 Å². The van der Waals surface area contributed by atoms with E-state index in [2.05, 4.69) is 5.10 Å². The fourth-order valence-electron chi connectivity index (χ4n) is 3.70. The third-order valence-corrected chi connectivity index (χ3v) is 5.60. The second-order valence-corrected chi connectivity index (χ2v) is 7.45. The number of benzene rings is 2. The van der Waals surface area contributed by atoms with Gasteiger partial charge in [0.05, 0.1) is 11.4 Å². The Morgan fingerprint density at radius 3 is 2.36 bits per heavy atom. The molecule has 2 aromatic carbocycles. The molecule has 2 unspecified atom stereocenters. The monoisotopic (exact) mass is 395 g/mol. The minimum Gasteiger partial charge on any atom is -0.293 e. The molecule has 0 aliphatic carbocycles. The molecule has 1 fully saturated rings. The smallest absolute Gasteiger partial charge is 0.259 e. The van der Waals surface area contributed by atoms with Crippen molar-refractivity contribution in [2.75, 3.05) is 9.91 Å². The number of nitrogens with zero attached hydrogens (tertiary/aromatic N) is 3. The Morgan fingerprint density at radius 2 is 1.71 bits per heavy atom. The minimum absolute atomic E-state index is 0.0948. The molecule has 7 heteroatoms. The number of aryl methyl sites for hydroxylation is 1. The van der Waals surface area contributed by atoms with Crippen molar-refractivity contribution in [1.29, 1.82) is 0 Å². The molecule has 0 bridgehead atoms. The molecule has 2 amide bonds. The first-order valence-corrected chi connectivity index (χ1v) is 9.27. The summed E-state index contributed by atoms with van der Waals surface area (Å²) in [6.07, 6.45) is 0. The summed E-state index contributed by atoms with van der Waals surface area (Å²) in [6.45, 7) is 5.10. The summed E-state index contributed by atoms with van der Waals surface area (Å²) in [7, 11) is 0. The number of hydrogen-bond acceptors (Lipinski definition) is 5. The zero-order chi connectivity index (χ0) is 20.2. The van der Waals surface area contributed by atoms with Crippen LogP contribution in [0.5, 0.6) is 0 Å². The fourth-order valence-corrected chi connectivity index (χ4v) is 3.87. The molecule has 2 heterocycles. The summed E-state index contributed by atoms with van der Waals surface area (Å²) in [5, 5.41) is 6.35. The number of amides is 2. The van der Waals surface area contributed by atoms with E-state index in [1.807, 2.05) is 26.0 Å². The SMILES string of the molecule is CC(=O)C1=NN(c2cccc(Cl)c2C)C2C(=O)N(c3ccc(C)cc3)C(=O)C12. The fraction of sp³-hybridized carbons (Fsp3) is 0.238. The van der Waals surface area contributed by atoms with E-state index in [9.17, 15) is 14.4 Å². The highest BCUT2D eigenvalue weighted by Gasteiger charge is 2.58. The highest BCUT2D eigenvalue weighted by Crippen LogP contribution is 2.40. The standard InChI is InChI=1S/C21H18ClN3O3/c1-11-7-9-14(10-8-11)24-20(27)17-18(13(3)26)23-25(19(17)21(24)28)16-6-4-5-15(22)12(16)2/h4-10,17,19H,1-3H3. The maximum absolute atomic E-state index is 13.3. The van der Waals surface area contributed by atoms with Crippen LogP contribution in [0.25, 0.3) is 0 Å². The molecule has 2 aliphatic rings. The van der Waals surface area contributed by atoms with Gasteiger partial charge in [-0.1, -0.05) is 35.4 Å². The molecule has 0 saturated carbocycles. The van der Waals surface area contributed by atoms with E-state index < -0.39 is 23.8 Å². The molecule has 0 aromatic heterocycles. The van der Waals surface area contributed by atoms with Crippen LogP contribution in [0.4, 0.5) is 11.4 Å². The predicted octanol–water partition coefficient (Wildman–Crippen LogP) is 3.28. The van der Waals surface area contributed by atoms with Crippen molar-refractivity contribution in [3.8, 4) is 0 Å². The van der Waals surface area contributed by atoms with Crippen LogP contribution in [0.2, 0.25) is 5.02 Å². The van der Waals surface area contributed by atoms with Crippen molar-refractivity contribution in [2.24, 2.45) is 11.0 Å². The first-order valence-electron chi connectivity index (χ1n) is 8.89. The number of imide groups is 1. The number of hydrogen-bond donors (Lipinski definition) is 0. The molecule has 2 aliphatic heterocycles. The van der Waals surface area contributed by atoms with Gasteiger partial charge in [-0.3, -0.25) is 19.4 Å². The predicted molar refractivity (Wildman–Crippen MR) is 108 cm³/mol. The zero-order valence-electron chi connectivity index (χ0n) is 15.6. The van der Waals surface area contributed by atoms with Crippen LogP contribution in [0, 0.1) is 19.8 Å². The Bertz CT molecular complexity index is 1050. The molecule has 1 saturated heterocycles. The van der Waals surface area contributed by atoms with Crippen molar-refractivity contribution in [3.63, 3.8) is 0 Å². The van der Waals surface area contributed by atoms with Crippen molar-refractivity contribution in [3.05, 3.63) is 58.6 Å². The lowest BCUT2D eigenvalue weighted by atomic mass is 9.95. The van der Waals surface area contributed by atoms with Gasteiger partial charge in [-0.25, -0.2) is 4.90 Å². The van der Waals surface area contributed by atoms with Crippen molar-refractivity contribution >= 4 is 46.3 Å². The number of ketones is 1. The number of carbonyl (C=O) groups is 3. The Morgan fingerprint density at radius 1 is 1.04 bits per heavy atom. The number of anilines is 2. The van der Waals surface area contributed by atoms with E-state index in [0.29, 0.717) is 16.4 Å². The average molecular weight is 396 g/mol. The number of Topliss-reactive ketones (excluding diaryl/α,β-unsaturated/α-hetero) is 1. The lowest BCUT2D eigenvalue weighted by molar-refractivity contribution is -0.122. The van der Waals surface area contributed by atoms with E-state index >= 15 is 0 Å². The third kappa shape index (κ3) is 2.64. The van der Waals surface area contributed by atoms with E-state index in [-0.39, 0.29) is 11.5 Å². The summed E-state index contributed by atoms with van der Waals surface area (Å²) in [5.41, 5.74) is 2.93. The van der Waals surface area contributed by atoms with E-state index in [1.165, 1.54) is 11.9 Å². The maximum atomic E-state index is 13.3. The lowest BCUT2D eigenvalue weighted by Gasteiger charge is -2.24. The van der Waals surface area contributed by atoms with Gasteiger partial charge >= 0.3 is 0 Å². The second-order valence-electron chi connectivity index (χ2n) is 7.04. The molecule has 28 heavy (non-hydrogen) atoms. The molecule has 2 atom stereocenters. The van der Waals surface area contributed by atoms with Crippen molar-refractivity contribution in [2.45, 2.75) is 26.8 Å². The van der Waals surface area contributed by atoms with Gasteiger partial charge in [0, 0.05) is 11.9 Å². The topological polar surface area (TPSA) is 70.1 Å². The Kier molecular flexibility index (Phi) is 4.31. The van der Waals surface area contributed by atoms with Crippen molar-refractivity contribution in [1.82, 2.24) is 0 Å². The Labute approximate surface area is 167 Å². The highest BCUT2D eigenvalue weighted by atomic mass is 35.5. The lowest BCUT2D eigenvalue weighted by Crippen LogP contribution is -2.39. The maximum Gasteiger partial charge on any atom is 0.259 e. The number of fused-ring (bicyclic) bond motifs is 1. The third-order valence-electron chi connectivity index (χ3n) is 5.19. The summed E-state index contributed by atoms with van der Waals surface area (Å²) in [5.74, 6) is -2.10. The van der Waals surface area contributed by atoms with Crippen LogP contribution < -0.4 is 9.91 Å². The first kappa shape index (κ1) is 18.4. The Hall–Kier alpha value is -2.99. The van der Waals surface area contributed by atoms with Gasteiger partial charge in [-0.05, 0) is 43.7 Å². The number of rotatable bonds is 3. The Balaban J connectivity index is 1.83. The van der Waals surface area contributed by atoms with Crippen LogP contribution >= 0.6 is 11.6 Å². The van der Waals surface area contributed by atoms with Crippen molar-refractivity contribution < 1.29 is 14.4 Å². The number of halogens is 1. The van der Waals surface area contributed by atoms with Gasteiger partial charge < -0.3 is 0 Å². The molecule has 4 rings (SSSR count). The van der Waals surface area contributed by atoms with Crippen LogP contribution in [-0.2, 0) is 14.4 Å². The minimum atomic E-state index is -0.926. The summed E-state index contributed by atoms with van der Waals surface area (Å²) in [4.78, 5) is 39.8. The highest BCUT2D eigenvalue weighted by molar-refractivity contribution is 6.49. The van der Waals surface area contributed by atoms with Gasteiger partial charge in [0.25, 0.3) is 5.91 Å². The van der Waals surface area contributed by atoms with E-state index in [0.717, 1.165) is 16.0 Å². The van der Waals surface area contributed by atoms with E-state index in [4.69, 9.17) is 11.6 Å². The summed E-state index contributed by atoms with van der Waals surface area (Å²) in [6, 6.07) is 11.5. The molecule has 2 aromatic rings. The second kappa shape index (κ2) is 6.56. The van der Waals surface area contributed by atoms with Crippen LogP contribution in [0.1, 0.15) is 18.1 Å². The normalized spacial score (nSPS) is 21.2. The molecule has 0 spiro atoms. The number of carbonyl (C=O) groups excluding carboxylic acids is 3. The summed E-state index contributed by atoms with van der Waals surface area (Å²) < 4.78 is 0. The average Bonchev–Trinajstić information content (AvgIpc) is 3.16. The molecule has 142 valence electrons. The van der Waals surface area contributed by atoms with Crippen LogP contribution in [-0.4, -0.2) is 29.4 Å². The largest absolute Gasteiger partial charge is 0.293 e. The molecule has 0 N–H and O–H groups in total. The molecular formula is C21H18ClN3O3. The first-order chi connectivity index (χ1) is 13.3. The quantitative estimate of drug-likeness (QED) is 0.748. The van der Waals surface area contributed by atoms with Gasteiger partial charge in [-0.15, -0.1) is 0 Å². The molecular weight excluding hydrogens is 378 g/mol. The van der Waals surface area contributed by atoms with Gasteiger partial charge in [0.15, 0.2) is 5.78 Å². The molecule has 0 radical (unpaired) electrons. The summed E-state index contributed by atoms with van der Waals surface area (Å²) >= 11 is 6.23. The zero-order valence-corrected chi connectivity index (χ0v) is 16.4.